The maximum atomic E-state index is 11.7. The monoisotopic (exact) mass is 294 g/mol. The average Bonchev–Trinajstić information content (AvgIpc) is 2.19. The molecular weight excluding hydrogens is 283 g/mol. The first-order valence-electron chi connectivity index (χ1n) is 4.33. The highest BCUT2D eigenvalue weighted by Crippen LogP contribution is 2.15. The summed E-state index contributed by atoms with van der Waals surface area (Å²) < 4.78 is 6.97. The summed E-state index contributed by atoms with van der Waals surface area (Å²) in [5, 5.41) is 0.173. The molecule has 0 spiro atoms. The van der Waals surface area contributed by atoms with Gasteiger partial charge in [0.1, 0.15) is 4.47 Å². The van der Waals surface area contributed by atoms with Crippen LogP contribution in [-0.2, 0) is 11.3 Å². The molecule has 0 N–H and O–H groups in total. The summed E-state index contributed by atoms with van der Waals surface area (Å²) >= 11 is 8.78. The number of rotatable bonds is 3. The van der Waals surface area contributed by atoms with E-state index in [2.05, 4.69) is 20.9 Å². The van der Waals surface area contributed by atoms with E-state index < -0.39 is 5.60 Å². The van der Waals surface area contributed by atoms with E-state index >= 15 is 0 Å². The van der Waals surface area contributed by atoms with Crippen molar-refractivity contribution < 1.29 is 4.74 Å². The van der Waals surface area contributed by atoms with Gasteiger partial charge in [0, 0.05) is 7.11 Å². The van der Waals surface area contributed by atoms with Crippen LogP contribution in [0.15, 0.2) is 15.6 Å². The fourth-order valence-electron chi connectivity index (χ4n) is 1.03. The van der Waals surface area contributed by atoms with Crippen molar-refractivity contribution >= 4 is 27.5 Å². The van der Waals surface area contributed by atoms with Crippen molar-refractivity contribution in [1.82, 2.24) is 9.55 Å². The molecule has 1 aromatic rings. The molecule has 15 heavy (non-hydrogen) atoms. The molecule has 1 rings (SSSR count). The Labute approximate surface area is 101 Å². The molecule has 0 radical (unpaired) electrons. The van der Waals surface area contributed by atoms with Crippen LogP contribution in [0, 0.1) is 0 Å². The second kappa shape index (κ2) is 4.63. The van der Waals surface area contributed by atoms with Gasteiger partial charge in [0.2, 0.25) is 0 Å². The number of hydrogen-bond donors (Lipinski definition) is 0. The molecular formula is C9H12BrClN2O2. The third-order valence-corrected chi connectivity index (χ3v) is 3.27. The molecule has 0 aliphatic carbocycles. The first-order valence-corrected chi connectivity index (χ1v) is 5.50. The largest absolute Gasteiger partial charge is 0.377 e. The Morgan fingerprint density at radius 3 is 2.80 bits per heavy atom. The highest BCUT2D eigenvalue weighted by atomic mass is 79.9. The minimum absolute atomic E-state index is 0.173. The lowest BCUT2D eigenvalue weighted by Gasteiger charge is -2.23. The van der Waals surface area contributed by atoms with E-state index in [-0.39, 0.29) is 15.2 Å². The standard InChI is InChI=1S/C9H12BrClN2O2/c1-9(2,15-3)4-13-5-12-7(11)6(10)8(13)14/h5H,4H2,1-3H3. The van der Waals surface area contributed by atoms with Gasteiger partial charge in [-0.15, -0.1) is 0 Å². The lowest BCUT2D eigenvalue weighted by Crippen LogP contribution is -2.34. The van der Waals surface area contributed by atoms with Crippen molar-refractivity contribution in [3.63, 3.8) is 0 Å². The van der Waals surface area contributed by atoms with Crippen molar-refractivity contribution in [1.29, 1.82) is 0 Å². The smallest absolute Gasteiger partial charge is 0.269 e. The van der Waals surface area contributed by atoms with Crippen molar-refractivity contribution in [3.05, 3.63) is 26.3 Å². The van der Waals surface area contributed by atoms with Crippen LogP contribution in [0.1, 0.15) is 13.8 Å². The van der Waals surface area contributed by atoms with Crippen LogP contribution in [0.25, 0.3) is 0 Å². The van der Waals surface area contributed by atoms with Gasteiger partial charge in [-0.2, -0.15) is 0 Å². The number of aromatic nitrogens is 2. The lowest BCUT2D eigenvalue weighted by atomic mass is 10.1. The van der Waals surface area contributed by atoms with E-state index in [1.165, 1.54) is 10.9 Å². The summed E-state index contributed by atoms with van der Waals surface area (Å²) in [6.45, 7) is 4.20. The summed E-state index contributed by atoms with van der Waals surface area (Å²) in [6.07, 6.45) is 1.41. The fourth-order valence-corrected chi connectivity index (χ4v) is 1.49. The molecule has 0 saturated carbocycles. The normalized spacial score (nSPS) is 11.8. The van der Waals surface area contributed by atoms with E-state index in [4.69, 9.17) is 16.3 Å². The number of ether oxygens (including phenoxy) is 1. The van der Waals surface area contributed by atoms with Crippen LogP contribution in [0.3, 0.4) is 0 Å². The summed E-state index contributed by atoms with van der Waals surface area (Å²) in [7, 11) is 1.60. The highest BCUT2D eigenvalue weighted by molar-refractivity contribution is 9.10. The molecule has 84 valence electrons. The van der Waals surface area contributed by atoms with E-state index in [1.807, 2.05) is 13.8 Å². The van der Waals surface area contributed by atoms with Crippen molar-refractivity contribution in [3.8, 4) is 0 Å². The molecule has 0 fully saturated rings. The molecule has 0 aliphatic rings. The van der Waals surface area contributed by atoms with Crippen molar-refractivity contribution in [2.75, 3.05) is 7.11 Å². The van der Waals surface area contributed by atoms with Gasteiger partial charge in [0.15, 0.2) is 5.15 Å². The number of nitrogens with zero attached hydrogens (tertiary/aromatic N) is 2. The predicted molar refractivity (Wildman–Crippen MR) is 62.3 cm³/mol. The zero-order valence-corrected chi connectivity index (χ0v) is 11.1. The first kappa shape index (κ1) is 12.7. The topological polar surface area (TPSA) is 44.1 Å². The minimum atomic E-state index is -0.418. The van der Waals surface area contributed by atoms with Gasteiger partial charge in [-0.1, -0.05) is 11.6 Å². The van der Waals surface area contributed by atoms with E-state index in [0.717, 1.165) is 0 Å². The van der Waals surface area contributed by atoms with E-state index in [0.29, 0.717) is 6.54 Å². The van der Waals surface area contributed by atoms with Gasteiger partial charge in [0.25, 0.3) is 5.56 Å². The molecule has 1 aromatic heterocycles. The first-order chi connectivity index (χ1) is 6.87. The maximum absolute atomic E-state index is 11.7. The van der Waals surface area contributed by atoms with E-state index in [1.54, 1.807) is 7.11 Å². The molecule has 0 atom stereocenters. The van der Waals surface area contributed by atoms with Crippen molar-refractivity contribution in [2.24, 2.45) is 0 Å². The molecule has 0 aliphatic heterocycles. The van der Waals surface area contributed by atoms with Gasteiger partial charge in [0.05, 0.1) is 18.5 Å². The highest BCUT2D eigenvalue weighted by Gasteiger charge is 2.19. The average molecular weight is 296 g/mol. The zero-order chi connectivity index (χ0) is 11.6. The van der Waals surface area contributed by atoms with Crippen LogP contribution in [-0.4, -0.2) is 22.3 Å². The summed E-state index contributed by atoms with van der Waals surface area (Å²) in [6, 6.07) is 0. The lowest BCUT2D eigenvalue weighted by molar-refractivity contribution is 0.00709. The van der Waals surface area contributed by atoms with E-state index in [9.17, 15) is 4.79 Å². The van der Waals surface area contributed by atoms with Gasteiger partial charge in [-0.05, 0) is 29.8 Å². The van der Waals surface area contributed by atoms with Crippen LogP contribution in [0.2, 0.25) is 5.15 Å². The van der Waals surface area contributed by atoms with Crippen LogP contribution >= 0.6 is 27.5 Å². The molecule has 0 bridgehead atoms. The molecule has 1 heterocycles. The Morgan fingerprint density at radius 1 is 1.67 bits per heavy atom. The summed E-state index contributed by atoms with van der Waals surface area (Å²) in [4.78, 5) is 15.6. The quantitative estimate of drug-likeness (QED) is 0.802. The molecule has 0 aromatic carbocycles. The molecule has 0 unspecified atom stereocenters. The van der Waals surface area contributed by atoms with Crippen LogP contribution < -0.4 is 5.56 Å². The van der Waals surface area contributed by atoms with Gasteiger partial charge in [-0.3, -0.25) is 9.36 Å². The number of methoxy groups -OCH3 is 1. The predicted octanol–water partition coefficient (Wildman–Crippen LogP) is 2.08. The van der Waals surface area contributed by atoms with Gasteiger partial charge in [-0.25, -0.2) is 4.98 Å². The van der Waals surface area contributed by atoms with Gasteiger partial charge >= 0.3 is 0 Å². The van der Waals surface area contributed by atoms with Crippen molar-refractivity contribution in [2.45, 2.75) is 26.0 Å². The Bertz CT molecular complexity index is 417. The Balaban J connectivity index is 3.08. The van der Waals surface area contributed by atoms with Gasteiger partial charge < -0.3 is 4.74 Å². The minimum Gasteiger partial charge on any atom is -0.377 e. The molecule has 0 amide bonds. The summed E-state index contributed by atoms with van der Waals surface area (Å²) in [5.74, 6) is 0. The third-order valence-electron chi connectivity index (χ3n) is 2.04. The van der Waals surface area contributed by atoms with Crippen LogP contribution in [0.4, 0.5) is 0 Å². The second-order valence-corrected chi connectivity index (χ2v) is 4.90. The fraction of sp³-hybridized carbons (Fsp3) is 0.556. The zero-order valence-electron chi connectivity index (χ0n) is 8.75. The van der Waals surface area contributed by atoms with Crippen LogP contribution in [0.5, 0.6) is 0 Å². The number of halogens is 2. The Morgan fingerprint density at radius 2 is 2.27 bits per heavy atom. The molecule has 6 heteroatoms. The summed E-state index contributed by atoms with van der Waals surface area (Å²) in [5.41, 5.74) is -0.626. The molecule has 4 nitrogen and oxygen atoms in total. The maximum Gasteiger partial charge on any atom is 0.269 e. The third kappa shape index (κ3) is 3.03. The molecule has 0 saturated heterocycles. The Hall–Kier alpha value is -0.390. The SMILES string of the molecule is COC(C)(C)Cn1cnc(Cl)c(Br)c1=O. The number of hydrogen-bond acceptors (Lipinski definition) is 3. The second-order valence-electron chi connectivity index (χ2n) is 3.75. The Kier molecular flexibility index (Phi) is 3.92.